The normalized spacial score (nSPS) is 20.2. The predicted molar refractivity (Wildman–Crippen MR) is 76.2 cm³/mol. The van der Waals surface area contributed by atoms with Crippen LogP contribution in [-0.4, -0.2) is 39.0 Å². The zero-order valence-electron chi connectivity index (χ0n) is 12.4. The molecule has 2 aromatic heterocycles. The van der Waals surface area contributed by atoms with Crippen LogP contribution in [0, 0.1) is 0 Å². The number of nitrogens with zero attached hydrogens (tertiary/aromatic N) is 3. The fourth-order valence-corrected chi connectivity index (χ4v) is 2.71. The largest absolute Gasteiger partial charge is 0.417 e. The van der Waals surface area contributed by atoms with Gasteiger partial charge in [-0.25, -0.2) is 8.78 Å². The Kier molecular flexibility index (Phi) is 4.31. The fraction of sp³-hybridized carbons (Fsp3) is 0.462. The van der Waals surface area contributed by atoms with Crippen molar-refractivity contribution in [2.45, 2.75) is 31.1 Å². The van der Waals surface area contributed by atoms with Crippen LogP contribution in [0.2, 0.25) is 5.02 Å². The van der Waals surface area contributed by atoms with Crippen LogP contribution in [-0.2, 0) is 17.5 Å². The van der Waals surface area contributed by atoms with Crippen LogP contribution < -0.4 is 10.6 Å². The SMILES string of the molecule is O=C(NCc1nnc2c(Cl)cc(C(F)(F)F)cn12)C1CC(F)(F)CN1. The molecule has 1 aliphatic rings. The van der Waals surface area contributed by atoms with Crippen LogP contribution in [0.1, 0.15) is 17.8 Å². The van der Waals surface area contributed by atoms with Gasteiger partial charge < -0.3 is 5.32 Å². The summed E-state index contributed by atoms with van der Waals surface area (Å²) in [5.74, 6) is -3.69. The molecule has 1 amide bonds. The van der Waals surface area contributed by atoms with Gasteiger partial charge in [-0.2, -0.15) is 13.2 Å². The number of aromatic nitrogens is 3. The van der Waals surface area contributed by atoms with Crippen molar-refractivity contribution in [2.24, 2.45) is 0 Å². The molecule has 1 aliphatic heterocycles. The third-order valence-electron chi connectivity index (χ3n) is 3.70. The van der Waals surface area contributed by atoms with Gasteiger partial charge >= 0.3 is 6.18 Å². The summed E-state index contributed by atoms with van der Waals surface area (Å²) in [4.78, 5) is 11.9. The monoisotopic (exact) mass is 383 g/mol. The molecule has 0 aromatic carbocycles. The minimum atomic E-state index is -4.62. The Bertz CT molecular complexity index is 821. The summed E-state index contributed by atoms with van der Waals surface area (Å²) in [5.41, 5.74) is -1.01. The van der Waals surface area contributed by atoms with Crippen LogP contribution in [0.3, 0.4) is 0 Å². The standard InChI is InChI=1S/C13H11ClF5N5O/c14-7-1-6(13(17,18)19)4-24-9(22-23-10(7)24)3-20-11(25)8-2-12(15,16)5-21-8/h1,4,8,21H,2-3,5H2,(H,20,25). The Labute approximate surface area is 142 Å². The van der Waals surface area contributed by atoms with Crippen LogP contribution in [0.25, 0.3) is 5.65 Å². The van der Waals surface area contributed by atoms with Crippen LogP contribution >= 0.6 is 11.6 Å². The Balaban J connectivity index is 1.78. The van der Waals surface area contributed by atoms with Gasteiger partial charge in [-0.15, -0.1) is 10.2 Å². The molecule has 1 fully saturated rings. The molecule has 0 bridgehead atoms. The topological polar surface area (TPSA) is 71.3 Å². The number of pyridine rings is 1. The maximum atomic E-state index is 13.1. The highest BCUT2D eigenvalue weighted by molar-refractivity contribution is 6.33. The van der Waals surface area contributed by atoms with Crippen molar-refractivity contribution in [1.29, 1.82) is 0 Å². The minimum Gasteiger partial charge on any atom is -0.347 e. The zero-order valence-corrected chi connectivity index (χ0v) is 13.1. The molecule has 2 N–H and O–H groups in total. The van der Waals surface area contributed by atoms with Crippen molar-refractivity contribution in [2.75, 3.05) is 6.54 Å². The number of nitrogens with one attached hydrogen (secondary N) is 2. The zero-order chi connectivity index (χ0) is 18.4. The number of alkyl halides is 5. The summed E-state index contributed by atoms with van der Waals surface area (Å²) in [6, 6.07) is -0.359. The lowest BCUT2D eigenvalue weighted by Crippen LogP contribution is -2.40. The first-order chi connectivity index (χ1) is 11.6. The number of fused-ring (bicyclic) bond motifs is 1. The number of rotatable bonds is 3. The van der Waals surface area contributed by atoms with E-state index < -0.39 is 42.6 Å². The molecule has 3 heterocycles. The summed E-state index contributed by atoms with van der Waals surface area (Å²) >= 11 is 5.78. The summed E-state index contributed by atoms with van der Waals surface area (Å²) in [6.45, 7) is -0.898. The van der Waals surface area contributed by atoms with Gasteiger partial charge in [-0.1, -0.05) is 11.6 Å². The molecule has 1 saturated heterocycles. The van der Waals surface area contributed by atoms with E-state index in [1.165, 1.54) is 0 Å². The number of amides is 1. The van der Waals surface area contributed by atoms with Gasteiger partial charge in [0.25, 0.3) is 5.92 Å². The molecule has 0 saturated carbocycles. The first-order valence-corrected chi connectivity index (χ1v) is 7.44. The van der Waals surface area contributed by atoms with Crippen molar-refractivity contribution < 1.29 is 26.7 Å². The molecule has 0 spiro atoms. The summed E-state index contributed by atoms with van der Waals surface area (Å²) in [6.07, 6.45) is -4.52. The molecular formula is C13H11ClF5N5O. The number of halogens is 6. The number of hydrogen-bond acceptors (Lipinski definition) is 4. The van der Waals surface area contributed by atoms with E-state index in [9.17, 15) is 26.7 Å². The molecule has 0 radical (unpaired) electrons. The maximum absolute atomic E-state index is 13.1. The molecule has 25 heavy (non-hydrogen) atoms. The van der Waals surface area contributed by atoms with Crippen LogP contribution in [0.5, 0.6) is 0 Å². The Morgan fingerprint density at radius 1 is 1.44 bits per heavy atom. The van der Waals surface area contributed by atoms with Crippen LogP contribution in [0.4, 0.5) is 22.0 Å². The molecule has 6 nitrogen and oxygen atoms in total. The highest BCUT2D eigenvalue weighted by Gasteiger charge is 2.42. The highest BCUT2D eigenvalue weighted by Crippen LogP contribution is 2.32. The quantitative estimate of drug-likeness (QED) is 0.796. The van der Waals surface area contributed by atoms with Gasteiger partial charge in [0.2, 0.25) is 5.91 Å². The predicted octanol–water partition coefficient (Wildman–Crippen LogP) is 2.01. The third-order valence-corrected chi connectivity index (χ3v) is 3.98. The van der Waals surface area contributed by atoms with E-state index in [0.29, 0.717) is 0 Å². The second-order valence-corrected chi connectivity index (χ2v) is 6.00. The van der Waals surface area contributed by atoms with Crippen molar-refractivity contribution in [1.82, 2.24) is 25.2 Å². The molecule has 2 aromatic rings. The maximum Gasteiger partial charge on any atom is 0.417 e. The average Bonchev–Trinajstić information content (AvgIpc) is 3.07. The minimum absolute atomic E-state index is 0.00978. The average molecular weight is 384 g/mol. The molecule has 0 aliphatic carbocycles. The lowest BCUT2D eigenvalue weighted by molar-refractivity contribution is -0.137. The van der Waals surface area contributed by atoms with Crippen LogP contribution in [0.15, 0.2) is 12.3 Å². The van der Waals surface area contributed by atoms with E-state index in [2.05, 4.69) is 20.8 Å². The third kappa shape index (κ3) is 3.66. The molecule has 12 heteroatoms. The summed E-state index contributed by atoms with van der Waals surface area (Å²) in [5, 5.41) is 11.8. The van der Waals surface area contributed by atoms with E-state index in [1.54, 1.807) is 0 Å². The number of hydrogen-bond donors (Lipinski definition) is 2. The van der Waals surface area contributed by atoms with Crippen molar-refractivity contribution in [3.05, 3.63) is 28.7 Å². The van der Waals surface area contributed by atoms with E-state index in [-0.39, 0.29) is 23.0 Å². The van der Waals surface area contributed by atoms with E-state index in [1.807, 2.05) is 0 Å². The van der Waals surface area contributed by atoms with E-state index in [0.717, 1.165) is 16.7 Å². The molecule has 3 rings (SSSR count). The van der Waals surface area contributed by atoms with Gasteiger partial charge in [0.15, 0.2) is 11.5 Å². The lowest BCUT2D eigenvalue weighted by atomic mass is 10.2. The van der Waals surface area contributed by atoms with Gasteiger partial charge in [-0.3, -0.25) is 14.5 Å². The van der Waals surface area contributed by atoms with Crippen molar-refractivity contribution in [3.63, 3.8) is 0 Å². The summed E-state index contributed by atoms with van der Waals surface area (Å²) < 4.78 is 65.8. The number of carbonyl (C=O) groups excluding carboxylic acids is 1. The highest BCUT2D eigenvalue weighted by atomic mass is 35.5. The second kappa shape index (κ2) is 6.06. The number of carbonyl (C=O) groups is 1. The van der Waals surface area contributed by atoms with Gasteiger partial charge in [0.1, 0.15) is 0 Å². The van der Waals surface area contributed by atoms with Gasteiger partial charge in [0, 0.05) is 12.6 Å². The first kappa shape index (κ1) is 17.8. The van der Waals surface area contributed by atoms with Gasteiger partial charge in [0.05, 0.1) is 29.7 Å². The van der Waals surface area contributed by atoms with E-state index in [4.69, 9.17) is 11.6 Å². The first-order valence-electron chi connectivity index (χ1n) is 7.06. The molecule has 1 unspecified atom stereocenters. The fourth-order valence-electron chi connectivity index (χ4n) is 2.47. The molecular weight excluding hydrogens is 373 g/mol. The lowest BCUT2D eigenvalue weighted by Gasteiger charge is -2.11. The summed E-state index contributed by atoms with van der Waals surface area (Å²) in [7, 11) is 0. The molecule has 1 atom stereocenters. The second-order valence-electron chi connectivity index (χ2n) is 5.60. The Morgan fingerprint density at radius 3 is 2.76 bits per heavy atom. The Hall–Kier alpha value is -2.01. The van der Waals surface area contributed by atoms with E-state index >= 15 is 0 Å². The Morgan fingerprint density at radius 2 is 2.16 bits per heavy atom. The molecule has 136 valence electrons. The smallest absolute Gasteiger partial charge is 0.347 e. The van der Waals surface area contributed by atoms with Gasteiger partial charge in [-0.05, 0) is 6.07 Å². The van der Waals surface area contributed by atoms with Crippen molar-refractivity contribution >= 4 is 23.2 Å². The van der Waals surface area contributed by atoms with Crippen molar-refractivity contribution in [3.8, 4) is 0 Å².